The molecular formula is C23H31ClN2O2. The molecule has 1 aliphatic heterocycles. The van der Waals surface area contributed by atoms with Gasteiger partial charge in [0.05, 0.1) is 10.6 Å². The van der Waals surface area contributed by atoms with Crippen LogP contribution in [0.1, 0.15) is 81.0 Å². The number of hydrogen-bond acceptors (Lipinski definition) is 2. The molecule has 28 heavy (non-hydrogen) atoms. The topological polar surface area (TPSA) is 49.4 Å². The van der Waals surface area contributed by atoms with Crippen molar-refractivity contribution in [2.75, 3.05) is 11.9 Å². The van der Waals surface area contributed by atoms with Gasteiger partial charge in [-0.3, -0.25) is 9.59 Å². The smallest absolute Gasteiger partial charge is 0.255 e. The molecule has 1 aromatic rings. The summed E-state index contributed by atoms with van der Waals surface area (Å²) < 4.78 is 0. The first-order valence-corrected chi connectivity index (χ1v) is 11.4. The fraction of sp³-hybridized carbons (Fsp3) is 0.652. The number of nitrogens with one attached hydrogen (secondary N) is 1. The van der Waals surface area contributed by atoms with E-state index in [0.717, 1.165) is 45.1 Å². The molecule has 3 aliphatic rings. The molecule has 1 heterocycles. The zero-order valence-electron chi connectivity index (χ0n) is 16.6. The van der Waals surface area contributed by atoms with Crippen LogP contribution in [0.15, 0.2) is 18.2 Å². The van der Waals surface area contributed by atoms with Crippen molar-refractivity contribution in [2.24, 2.45) is 11.8 Å². The molecule has 0 spiro atoms. The molecule has 5 heteroatoms. The summed E-state index contributed by atoms with van der Waals surface area (Å²) in [5, 5.41) is 3.43. The Morgan fingerprint density at radius 1 is 0.929 bits per heavy atom. The Morgan fingerprint density at radius 2 is 1.64 bits per heavy atom. The van der Waals surface area contributed by atoms with Gasteiger partial charge in [0.15, 0.2) is 0 Å². The van der Waals surface area contributed by atoms with Crippen molar-refractivity contribution in [3.05, 3.63) is 28.8 Å². The molecule has 3 fully saturated rings. The monoisotopic (exact) mass is 402 g/mol. The van der Waals surface area contributed by atoms with E-state index in [0.29, 0.717) is 28.2 Å². The molecule has 4 nitrogen and oxygen atoms in total. The Hall–Kier alpha value is -1.55. The lowest BCUT2D eigenvalue weighted by Gasteiger charge is -2.44. The summed E-state index contributed by atoms with van der Waals surface area (Å²) in [5.41, 5.74) is 1.25. The van der Waals surface area contributed by atoms with E-state index in [1.807, 2.05) is 6.07 Å². The highest BCUT2D eigenvalue weighted by Gasteiger charge is 2.36. The van der Waals surface area contributed by atoms with Gasteiger partial charge in [-0.25, -0.2) is 0 Å². The molecule has 0 aromatic heterocycles. The average Bonchev–Trinajstić information content (AvgIpc) is 2.73. The molecule has 0 unspecified atom stereocenters. The normalized spacial score (nSPS) is 25.8. The van der Waals surface area contributed by atoms with Crippen LogP contribution in [0.3, 0.4) is 0 Å². The number of anilines is 1. The Labute approximate surface area is 173 Å². The molecule has 2 aliphatic carbocycles. The molecule has 2 atom stereocenters. The molecular weight excluding hydrogens is 372 g/mol. The third-order valence-electron chi connectivity index (χ3n) is 6.95. The SMILES string of the molecule is O=C(Nc1ccc(C(=O)N2CCC[C@H]3CCCC[C@H]32)c(Cl)c1)C1CCCCC1. The van der Waals surface area contributed by atoms with Gasteiger partial charge < -0.3 is 10.2 Å². The minimum atomic E-state index is 0.0479. The quantitative estimate of drug-likeness (QED) is 0.709. The van der Waals surface area contributed by atoms with Crippen molar-refractivity contribution in [2.45, 2.75) is 76.7 Å². The summed E-state index contributed by atoms with van der Waals surface area (Å²) in [6.07, 6.45) is 12.6. The van der Waals surface area contributed by atoms with Crippen molar-refractivity contribution in [3.8, 4) is 0 Å². The number of halogens is 1. The van der Waals surface area contributed by atoms with Gasteiger partial charge in [-0.05, 0) is 62.6 Å². The van der Waals surface area contributed by atoms with Crippen molar-refractivity contribution < 1.29 is 9.59 Å². The fourth-order valence-corrected chi connectivity index (χ4v) is 5.67. The average molecular weight is 403 g/mol. The van der Waals surface area contributed by atoms with Crippen LogP contribution in [0.2, 0.25) is 5.02 Å². The molecule has 152 valence electrons. The van der Waals surface area contributed by atoms with Gasteiger partial charge in [-0.15, -0.1) is 0 Å². The second kappa shape index (κ2) is 8.86. The van der Waals surface area contributed by atoms with Crippen LogP contribution in [0.25, 0.3) is 0 Å². The summed E-state index contributed by atoms with van der Waals surface area (Å²) in [5.74, 6) is 0.882. The standard InChI is InChI=1S/C23H31ClN2O2/c24-20-15-18(25-22(27)17-8-2-1-3-9-17)12-13-19(20)23(28)26-14-6-10-16-7-4-5-11-21(16)26/h12-13,15-17,21H,1-11,14H2,(H,25,27)/t16-,21-/m1/s1. The lowest BCUT2D eigenvalue weighted by Crippen LogP contribution is -2.49. The van der Waals surface area contributed by atoms with Crippen LogP contribution in [0.4, 0.5) is 5.69 Å². The number of piperidine rings is 1. The highest BCUT2D eigenvalue weighted by molar-refractivity contribution is 6.34. The van der Waals surface area contributed by atoms with E-state index < -0.39 is 0 Å². The summed E-state index contributed by atoms with van der Waals surface area (Å²) in [7, 11) is 0. The van der Waals surface area contributed by atoms with Crippen LogP contribution in [-0.4, -0.2) is 29.3 Å². The minimum Gasteiger partial charge on any atom is -0.335 e. The summed E-state index contributed by atoms with van der Waals surface area (Å²) in [6, 6.07) is 5.71. The maximum atomic E-state index is 13.2. The van der Waals surface area contributed by atoms with Crippen molar-refractivity contribution in [1.82, 2.24) is 4.90 Å². The van der Waals surface area contributed by atoms with Crippen LogP contribution in [0.5, 0.6) is 0 Å². The van der Waals surface area contributed by atoms with E-state index >= 15 is 0 Å². The number of carbonyl (C=O) groups excluding carboxylic acids is 2. The predicted molar refractivity (Wildman–Crippen MR) is 113 cm³/mol. The van der Waals surface area contributed by atoms with Crippen LogP contribution in [-0.2, 0) is 4.79 Å². The van der Waals surface area contributed by atoms with Crippen molar-refractivity contribution in [1.29, 1.82) is 0 Å². The maximum absolute atomic E-state index is 13.2. The molecule has 4 rings (SSSR count). The van der Waals surface area contributed by atoms with E-state index in [4.69, 9.17) is 11.6 Å². The second-order valence-electron chi connectivity index (χ2n) is 8.77. The Kier molecular flexibility index (Phi) is 6.25. The van der Waals surface area contributed by atoms with Crippen molar-refractivity contribution in [3.63, 3.8) is 0 Å². The largest absolute Gasteiger partial charge is 0.335 e. The second-order valence-corrected chi connectivity index (χ2v) is 9.18. The lowest BCUT2D eigenvalue weighted by atomic mass is 9.78. The van der Waals surface area contributed by atoms with E-state index in [2.05, 4.69) is 10.2 Å². The van der Waals surface area contributed by atoms with Gasteiger partial charge in [0.25, 0.3) is 5.91 Å². The van der Waals surface area contributed by atoms with Crippen molar-refractivity contribution >= 4 is 29.1 Å². The van der Waals surface area contributed by atoms with E-state index in [1.165, 1.54) is 32.1 Å². The fourth-order valence-electron chi connectivity index (χ4n) is 5.41. The Bertz CT molecular complexity index is 727. The zero-order chi connectivity index (χ0) is 19.5. The highest BCUT2D eigenvalue weighted by Crippen LogP contribution is 2.36. The number of carbonyl (C=O) groups is 2. The van der Waals surface area contributed by atoms with Crippen LogP contribution in [0, 0.1) is 11.8 Å². The Balaban J connectivity index is 1.45. The van der Waals surface area contributed by atoms with Gasteiger partial charge in [0.1, 0.15) is 0 Å². The van der Waals surface area contributed by atoms with Gasteiger partial charge in [-0.1, -0.05) is 43.7 Å². The number of fused-ring (bicyclic) bond motifs is 1. The maximum Gasteiger partial charge on any atom is 0.255 e. The highest BCUT2D eigenvalue weighted by atomic mass is 35.5. The summed E-state index contributed by atoms with van der Waals surface area (Å²) in [4.78, 5) is 27.7. The first kappa shape index (κ1) is 19.8. The molecule has 1 saturated heterocycles. The van der Waals surface area contributed by atoms with Gasteiger partial charge in [0.2, 0.25) is 5.91 Å². The van der Waals surface area contributed by atoms with E-state index in [-0.39, 0.29) is 17.7 Å². The number of amides is 2. The van der Waals surface area contributed by atoms with Gasteiger partial charge >= 0.3 is 0 Å². The number of rotatable bonds is 3. The first-order chi connectivity index (χ1) is 13.6. The first-order valence-electron chi connectivity index (χ1n) is 11.0. The third kappa shape index (κ3) is 4.22. The number of benzene rings is 1. The summed E-state index contributed by atoms with van der Waals surface area (Å²) >= 11 is 6.49. The molecule has 2 saturated carbocycles. The number of hydrogen-bond donors (Lipinski definition) is 1. The third-order valence-corrected chi connectivity index (χ3v) is 7.26. The molecule has 1 aromatic carbocycles. The lowest BCUT2D eigenvalue weighted by molar-refractivity contribution is -0.120. The minimum absolute atomic E-state index is 0.0479. The summed E-state index contributed by atoms with van der Waals surface area (Å²) in [6.45, 7) is 0.830. The van der Waals surface area contributed by atoms with Crippen LogP contribution < -0.4 is 5.32 Å². The van der Waals surface area contributed by atoms with Gasteiger partial charge in [0, 0.05) is 24.2 Å². The molecule has 2 amide bonds. The van der Waals surface area contributed by atoms with E-state index in [1.54, 1.807) is 12.1 Å². The molecule has 0 radical (unpaired) electrons. The predicted octanol–water partition coefficient (Wildman–Crippen LogP) is 5.65. The molecule has 1 N–H and O–H groups in total. The van der Waals surface area contributed by atoms with Crippen LogP contribution >= 0.6 is 11.6 Å². The molecule has 0 bridgehead atoms. The van der Waals surface area contributed by atoms with E-state index in [9.17, 15) is 9.59 Å². The van der Waals surface area contributed by atoms with Gasteiger partial charge in [-0.2, -0.15) is 0 Å². The number of likely N-dealkylation sites (tertiary alicyclic amines) is 1. The zero-order valence-corrected chi connectivity index (χ0v) is 17.3. The Morgan fingerprint density at radius 3 is 2.43 bits per heavy atom. The number of nitrogens with zero attached hydrogens (tertiary/aromatic N) is 1.